The molecule has 1 aromatic carbocycles. The number of furan rings is 1. The predicted molar refractivity (Wildman–Crippen MR) is 59.7 cm³/mol. The van der Waals surface area contributed by atoms with Crippen LogP contribution in [0.25, 0.3) is 0 Å². The Labute approximate surface area is 105 Å². The van der Waals surface area contributed by atoms with Crippen LogP contribution in [-0.4, -0.2) is 12.5 Å². The number of hydrogen-bond acceptors (Lipinski definition) is 3. The van der Waals surface area contributed by atoms with Crippen LogP contribution in [0.1, 0.15) is 10.6 Å². The SMILES string of the molecule is O=C(Nc1ccc(OC(F)F)c(F)c1)c1ccco1. The van der Waals surface area contributed by atoms with Crippen molar-refractivity contribution in [2.45, 2.75) is 6.61 Å². The van der Waals surface area contributed by atoms with E-state index in [2.05, 4.69) is 10.1 Å². The summed E-state index contributed by atoms with van der Waals surface area (Å²) < 4.78 is 46.0. The summed E-state index contributed by atoms with van der Waals surface area (Å²) in [5.41, 5.74) is 0.0977. The Kier molecular flexibility index (Phi) is 3.74. The van der Waals surface area contributed by atoms with Crippen molar-refractivity contribution >= 4 is 11.6 Å². The summed E-state index contributed by atoms with van der Waals surface area (Å²) in [6.07, 6.45) is 1.31. The molecule has 1 aromatic heterocycles. The minimum atomic E-state index is -3.11. The van der Waals surface area contributed by atoms with Gasteiger partial charge >= 0.3 is 6.61 Å². The number of carbonyl (C=O) groups excluding carboxylic acids is 1. The maximum absolute atomic E-state index is 13.4. The van der Waals surface area contributed by atoms with Crippen LogP contribution in [0, 0.1) is 5.82 Å². The monoisotopic (exact) mass is 271 g/mol. The van der Waals surface area contributed by atoms with Crippen molar-refractivity contribution in [2.24, 2.45) is 0 Å². The third-order valence-electron chi connectivity index (χ3n) is 2.15. The normalized spacial score (nSPS) is 10.5. The van der Waals surface area contributed by atoms with Crippen LogP contribution in [0.2, 0.25) is 0 Å². The molecule has 2 aromatic rings. The van der Waals surface area contributed by atoms with Gasteiger partial charge in [-0.05, 0) is 24.3 Å². The first-order chi connectivity index (χ1) is 9.06. The summed E-state index contributed by atoms with van der Waals surface area (Å²) in [7, 11) is 0. The molecule has 4 nitrogen and oxygen atoms in total. The Balaban J connectivity index is 2.10. The van der Waals surface area contributed by atoms with Crippen LogP contribution in [-0.2, 0) is 0 Å². The lowest BCUT2D eigenvalue weighted by Crippen LogP contribution is -2.11. The maximum Gasteiger partial charge on any atom is 0.387 e. The molecule has 100 valence electrons. The molecular weight excluding hydrogens is 263 g/mol. The molecule has 7 heteroatoms. The number of anilines is 1. The third-order valence-corrected chi connectivity index (χ3v) is 2.15. The van der Waals surface area contributed by atoms with Gasteiger partial charge in [-0.25, -0.2) is 4.39 Å². The summed E-state index contributed by atoms with van der Waals surface area (Å²) in [4.78, 5) is 11.6. The lowest BCUT2D eigenvalue weighted by atomic mass is 10.3. The average Bonchev–Trinajstić information content (AvgIpc) is 2.86. The van der Waals surface area contributed by atoms with E-state index in [1.807, 2.05) is 0 Å². The van der Waals surface area contributed by atoms with Crippen LogP contribution in [0.3, 0.4) is 0 Å². The Morgan fingerprint density at radius 1 is 1.32 bits per heavy atom. The molecular formula is C12H8F3NO3. The number of alkyl halides is 2. The summed E-state index contributed by atoms with van der Waals surface area (Å²) in [5, 5.41) is 2.35. The van der Waals surface area contributed by atoms with E-state index in [-0.39, 0.29) is 11.4 Å². The average molecular weight is 271 g/mol. The Hall–Kier alpha value is -2.44. The van der Waals surface area contributed by atoms with Gasteiger partial charge in [0.25, 0.3) is 5.91 Å². The number of benzene rings is 1. The maximum atomic E-state index is 13.4. The van der Waals surface area contributed by atoms with Gasteiger partial charge in [0.2, 0.25) is 0 Å². The van der Waals surface area contributed by atoms with Gasteiger partial charge in [0, 0.05) is 11.8 Å². The summed E-state index contributed by atoms with van der Waals surface area (Å²) in [6.45, 7) is -3.11. The molecule has 0 aliphatic rings. The Morgan fingerprint density at radius 2 is 2.11 bits per heavy atom. The second kappa shape index (κ2) is 5.47. The van der Waals surface area contributed by atoms with E-state index in [1.54, 1.807) is 0 Å². The van der Waals surface area contributed by atoms with Crippen molar-refractivity contribution in [1.29, 1.82) is 0 Å². The van der Waals surface area contributed by atoms with E-state index in [0.717, 1.165) is 12.1 Å². The quantitative estimate of drug-likeness (QED) is 0.928. The van der Waals surface area contributed by atoms with Gasteiger partial charge in [-0.1, -0.05) is 0 Å². The zero-order valence-electron chi connectivity index (χ0n) is 9.40. The summed E-state index contributed by atoms with van der Waals surface area (Å²) >= 11 is 0. The lowest BCUT2D eigenvalue weighted by molar-refractivity contribution is -0.0521. The van der Waals surface area contributed by atoms with Gasteiger partial charge in [-0.2, -0.15) is 8.78 Å². The van der Waals surface area contributed by atoms with E-state index in [0.29, 0.717) is 0 Å². The van der Waals surface area contributed by atoms with Crippen LogP contribution in [0.15, 0.2) is 41.0 Å². The highest BCUT2D eigenvalue weighted by molar-refractivity contribution is 6.02. The molecule has 0 radical (unpaired) electrons. The number of hydrogen-bond donors (Lipinski definition) is 1. The molecule has 0 atom stereocenters. The van der Waals surface area contributed by atoms with Gasteiger partial charge in [0.05, 0.1) is 6.26 Å². The molecule has 19 heavy (non-hydrogen) atoms. The summed E-state index contributed by atoms with van der Waals surface area (Å²) in [5.74, 6) is -2.12. The van der Waals surface area contributed by atoms with E-state index >= 15 is 0 Å². The number of halogens is 3. The Bertz CT molecular complexity index is 570. The van der Waals surface area contributed by atoms with Crippen LogP contribution >= 0.6 is 0 Å². The predicted octanol–water partition coefficient (Wildman–Crippen LogP) is 3.27. The minimum Gasteiger partial charge on any atom is -0.459 e. The third kappa shape index (κ3) is 3.27. The van der Waals surface area contributed by atoms with Gasteiger partial charge in [-0.15, -0.1) is 0 Å². The molecule has 0 aliphatic heterocycles. The highest BCUT2D eigenvalue weighted by atomic mass is 19.3. The highest BCUT2D eigenvalue weighted by Crippen LogP contribution is 2.23. The van der Waals surface area contributed by atoms with Crippen molar-refractivity contribution in [3.8, 4) is 5.75 Å². The van der Waals surface area contributed by atoms with E-state index in [1.165, 1.54) is 24.5 Å². The largest absolute Gasteiger partial charge is 0.459 e. The van der Waals surface area contributed by atoms with E-state index in [9.17, 15) is 18.0 Å². The number of rotatable bonds is 4. The minimum absolute atomic E-state index is 0.0494. The first-order valence-corrected chi connectivity index (χ1v) is 5.15. The van der Waals surface area contributed by atoms with Crippen molar-refractivity contribution in [1.82, 2.24) is 0 Å². The van der Waals surface area contributed by atoms with Gasteiger partial charge in [-0.3, -0.25) is 4.79 Å². The smallest absolute Gasteiger partial charge is 0.387 e. The van der Waals surface area contributed by atoms with Crippen molar-refractivity contribution in [3.05, 3.63) is 48.2 Å². The molecule has 1 amide bonds. The Morgan fingerprint density at radius 3 is 2.68 bits per heavy atom. The standard InChI is InChI=1S/C12H8F3NO3/c13-8-6-7(3-4-9(8)19-12(14)15)16-11(17)10-2-1-5-18-10/h1-6,12H,(H,16,17). The fraction of sp³-hybridized carbons (Fsp3) is 0.0833. The molecule has 1 heterocycles. The van der Waals surface area contributed by atoms with Crippen LogP contribution in [0.4, 0.5) is 18.9 Å². The van der Waals surface area contributed by atoms with Crippen molar-refractivity contribution in [3.63, 3.8) is 0 Å². The van der Waals surface area contributed by atoms with Gasteiger partial charge < -0.3 is 14.5 Å². The van der Waals surface area contributed by atoms with Crippen molar-refractivity contribution in [2.75, 3.05) is 5.32 Å². The molecule has 2 rings (SSSR count). The molecule has 0 spiro atoms. The first-order valence-electron chi connectivity index (χ1n) is 5.15. The van der Waals surface area contributed by atoms with Gasteiger partial charge in [0.1, 0.15) is 0 Å². The topological polar surface area (TPSA) is 51.5 Å². The zero-order valence-corrected chi connectivity index (χ0v) is 9.40. The second-order valence-corrected chi connectivity index (χ2v) is 3.46. The fourth-order valence-electron chi connectivity index (χ4n) is 1.37. The highest BCUT2D eigenvalue weighted by Gasteiger charge is 2.13. The number of amides is 1. The van der Waals surface area contributed by atoms with Crippen LogP contribution in [0.5, 0.6) is 5.75 Å². The number of ether oxygens (including phenoxy) is 1. The van der Waals surface area contributed by atoms with E-state index < -0.39 is 24.1 Å². The number of carbonyl (C=O) groups is 1. The van der Waals surface area contributed by atoms with E-state index in [4.69, 9.17) is 4.42 Å². The fourth-order valence-corrected chi connectivity index (χ4v) is 1.37. The first kappa shape index (κ1) is 13.0. The molecule has 0 saturated carbocycles. The summed E-state index contributed by atoms with van der Waals surface area (Å²) in [6, 6.07) is 6.06. The molecule has 0 bridgehead atoms. The van der Waals surface area contributed by atoms with Gasteiger partial charge in [0.15, 0.2) is 17.3 Å². The molecule has 0 fully saturated rings. The molecule has 0 aliphatic carbocycles. The van der Waals surface area contributed by atoms with Crippen molar-refractivity contribution < 1.29 is 27.1 Å². The second-order valence-electron chi connectivity index (χ2n) is 3.46. The van der Waals surface area contributed by atoms with Crippen LogP contribution < -0.4 is 10.1 Å². The molecule has 1 N–H and O–H groups in total. The number of nitrogens with one attached hydrogen (secondary N) is 1. The zero-order chi connectivity index (χ0) is 13.8. The lowest BCUT2D eigenvalue weighted by Gasteiger charge is -2.08. The molecule has 0 saturated heterocycles. The molecule has 0 unspecified atom stereocenters.